The molecular weight excluding hydrogens is 280 g/mol. The van der Waals surface area contributed by atoms with Gasteiger partial charge in [0.15, 0.2) is 5.69 Å². The largest absolute Gasteiger partial charge is 0.461 e. The van der Waals surface area contributed by atoms with Gasteiger partial charge < -0.3 is 4.74 Å². The molecule has 0 saturated carbocycles. The molecule has 1 aromatic heterocycles. The first kappa shape index (κ1) is 15.1. The summed E-state index contributed by atoms with van der Waals surface area (Å²) in [6.07, 6.45) is -2.32. The molecule has 1 aromatic carbocycles. The number of halogens is 2. The van der Waals surface area contributed by atoms with E-state index in [0.717, 1.165) is 10.2 Å². The number of nitrogens with zero attached hydrogens (tertiary/aromatic N) is 3. The van der Waals surface area contributed by atoms with E-state index < -0.39 is 23.8 Å². The summed E-state index contributed by atoms with van der Waals surface area (Å²) in [4.78, 5) is 11.6. The average Bonchev–Trinajstić information content (AvgIpc) is 2.90. The Bertz CT molecular complexity index is 600. The molecule has 0 atom stereocenters. The van der Waals surface area contributed by atoms with Crippen molar-refractivity contribution in [2.75, 3.05) is 6.61 Å². The fraction of sp³-hybridized carbons (Fsp3) is 0.357. The minimum atomic E-state index is -2.84. The van der Waals surface area contributed by atoms with Crippen LogP contribution in [0.3, 0.4) is 0 Å². The summed E-state index contributed by atoms with van der Waals surface area (Å²) in [5, 5.41) is 7.17. The molecule has 112 valence electrons. The van der Waals surface area contributed by atoms with Crippen LogP contribution in [0.2, 0.25) is 0 Å². The maximum atomic E-state index is 13.1. The van der Waals surface area contributed by atoms with Crippen molar-refractivity contribution in [3.8, 4) is 0 Å². The molecule has 0 saturated heterocycles. The van der Waals surface area contributed by atoms with Gasteiger partial charge in [-0.2, -0.15) is 0 Å². The van der Waals surface area contributed by atoms with Gasteiger partial charge in [0.2, 0.25) is 0 Å². The highest BCUT2D eigenvalue weighted by molar-refractivity contribution is 5.88. The molecule has 0 spiro atoms. The van der Waals surface area contributed by atoms with Crippen LogP contribution in [-0.2, 0) is 17.7 Å². The van der Waals surface area contributed by atoms with Crippen LogP contribution in [0, 0.1) is 0 Å². The zero-order chi connectivity index (χ0) is 15.2. The van der Waals surface area contributed by atoms with Crippen LogP contribution in [0.1, 0.15) is 35.1 Å². The van der Waals surface area contributed by atoms with Gasteiger partial charge in [0.25, 0.3) is 6.43 Å². The summed E-state index contributed by atoms with van der Waals surface area (Å²) >= 11 is 0. The quantitative estimate of drug-likeness (QED) is 0.769. The highest BCUT2D eigenvalue weighted by atomic mass is 19.3. The van der Waals surface area contributed by atoms with Crippen LogP contribution in [0.25, 0.3) is 0 Å². The third-order valence-corrected chi connectivity index (χ3v) is 2.90. The molecule has 2 aromatic rings. The monoisotopic (exact) mass is 295 g/mol. The number of benzene rings is 1. The molecule has 5 nitrogen and oxygen atoms in total. The molecule has 0 unspecified atom stereocenters. The van der Waals surface area contributed by atoms with Crippen LogP contribution < -0.4 is 0 Å². The molecule has 0 bridgehead atoms. The van der Waals surface area contributed by atoms with Gasteiger partial charge in [0.1, 0.15) is 5.69 Å². The lowest BCUT2D eigenvalue weighted by Crippen LogP contribution is -2.12. The number of carbonyl (C=O) groups is 1. The Hall–Kier alpha value is -2.31. The number of ether oxygens (including phenoxy) is 1. The van der Waals surface area contributed by atoms with E-state index in [2.05, 4.69) is 10.3 Å². The van der Waals surface area contributed by atoms with Crippen molar-refractivity contribution in [1.29, 1.82) is 0 Å². The topological polar surface area (TPSA) is 57.0 Å². The molecule has 0 aliphatic rings. The number of alkyl halides is 2. The van der Waals surface area contributed by atoms with E-state index in [1.54, 1.807) is 6.92 Å². The van der Waals surface area contributed by atoms with Gasteiger partial charge in [0, 0.05) is 6.54 Å². The Morgan fingerprint density at radius 3 is 2.67 bits per heavy atom. The Balaban J connectivity index is 2.18. The highest BCUT2D eigenvalue weighted by Gasteiger charge is 2.27. The Morgan fingerprint density at radius 1 is 1.33 bits per heavy atom. The van der Waals surface area contributed by atoms with Gasteiger partial charge in [0.05, 0.1) is 6.61 Å². The van der Waals surface area contributed by atoms with Gasteiger partial charge in [-0.05, 0) is 18.9 Å². The molecule has 0 aliphatic heterocycles. The second-order valence-corrected chi connectivity index (χ2v) is 4.30. The third-order valence-electron chi connectivity index (χ3n) is 2.90. The average molecular weight is 295 g/mol. The van der Waals surface area contributed by atoms with Crippen molar-refractivity contribution in [3.63, 3.8) is 0 Å². The lowest BCUT2D eigenvalue weighted by Gasteiger charge is -2.07. The minimum absolute atomic E-state index is 0.0956. The second-order valence-electron chi connectivity index (χ2n) is 4.30. The predicted octanol–water partition coefficient (Wildman–Crippen LogP) is 2.64. The number of rotatable bonds is 6. The molecule has 7 heteroatoms. The van der Waals surface area contributed by atoms with Crippen molar-refractivity contribution in [2.24, 2.45) is 0 Å². The molecular formula is C14H15F2N3O2. The predicted molar refractivity (Wildman–Crippen MR) is 71.1 cm³/mol. The molecule has 0 amide bonds. The van der Waals surface area contributed by atoms with Crippen molar-refractivity contribution in [2.45, 2.75) is 26.3 Å². The molecule has 21 heavy (non-hydrogen) atoms. The summed E-state index contributed by atoms with van der Waals surface area (Å²) in [7, 11) is 0. The number of carbonyl (C=O) groups excluding carboxylic acids is 1. The van der Waals surface area contributed by atoms with Crippen LogP contribution in [0.15, 0.2) is 30.3 Å². The fourth-order valence-electron chi connectivity index (χ4n) is 1.93. The van der Waals surface area contributed by atoms with E-state index in [1.807, 2.05) is 30.3 Å². The van der Waals surface area contributed by atoms with E-state index >= 15 is 0 Å². The van der Waals surface area contributed by atoms with Crippen LogP contribution in [0.5, 0.6) is 0 Å². The van der Waals surface area contributed by atoms with Gasteiger partial charge in [-0.3, -0.25) is 0 Å². The van der Waals surface area contributed by atoms with Gasteiger partial charge in [-0.15, -0.1) is 5.10 Å². The molecule has 0 N–H and O–H groups in total. The second kappa shape index (κ2) is 6.92. The first-order valence-corrected chi connectivity index (χ1v) is 6.56. The smallest absolute Gasteiger partial charge is 0.361 e. The van der Waals surface area contributed by atoms with E-state index in [9.17, 15) is 13.6 Å². The van der Waals surface area contributed by atoms with Gasteiger partial charge in [-0.1, -0.05) is 35.5 Å². The number of aromatic nitrogens is 3. The first-order valence-electron chi connectivity index (χ1n) is 6.56. The number of hydrogen-bond acceptors (Lipinski definition) is 4. The van der Waals surface area contributed by atoms with E-state index in [-0.39, 0.29) is 13.2 Å². The Kier molecular flexibility index (Phi) is 4.97. The van der Waals surface area contributed by atoms with Crippen molar-refractivity contribution < 1.29 is 18.3 Å². The first-order chi connectivity index (χ1) is 10.1. The standard InChI is InChI=1S/C14H15F2N3O2/c1-2-21-14(20)11-12(13(15)16)19(18-17-11)9-8-10-6-4-3-5-7-10/h3-7,13H,2,8-9H2,1H3. The van der Waals surface area contributed by atoms with Gasteiger partial charge >= 0.3 is 5.97 Å². The molecule has 0 aliphatic carbocycles. The molecule has 1 heterocycles. The number of esters is 1. The summed E-state index contributed by atoms with van der Waals surface area (Å²) in [6.45, 7) is 1.91. The Morgan fingerprint density at radius 2 is 2.05 bits per heavy atom. The van der Waals surface area contributed by atoms with Crippen LogP contribution in [0.4, 0.5) is 8.78 Å². The van der Waals surface area contributed by atoms with E-state index in [4.69, 9.17) is 4.74 Å². The molecule has 2 rings (SSSR count). The number of hydrogen-bond donors (Lipinski definition) is 0. The minimum Gasteiger partial charge on any atom is -0.461 e. The van der Waals surface area contributed by atoms with E-state index in [0.29, 0.717) is 6.42 Å². The van der Waals surface area contributed by atoms with Gasteiger partial charge in [-0.25, -0.2) is 18.3 Å². The SMILES string of the molecule is CCOC(=O)c1nnn(CCc2ccccc2)c1C(F)F. The fourth-order valence-corrected chi connectivity index (χ4v) is 1.93. The third kappa shape index (κ3) is 3.62. The highest BCUT2D eigenvalue weighted by Crippen LogP contribution is 2.22. The normalized spacial score (nSPS) is 10.9. The summed E-state index contributed by atoms with van der Waals surface area (Å²) in [6, 6.07) is 9.41. The van der Waals surface area contributed by atoms with Crippen LogP contribution in [-0.4, -0.2) is 27.6 Å². The number of aryl methyl sites for hydroxylation is 2. The lowest BCUT2D eigenvalue weighted by atomic mass is 10.1. The summed E-state index contributed by atoms with van der Waals surface area (Å²) in [5.41, 5.74) is 0.0789. The summed E-state index contributed by atoms with van der Waals surface area (Å²) in [5.74, 6) is -0.876. The zero-order valence-corrected chi connectivity index (χ0v) is 11.5. The zero-order valence-electron chi connectivity index (χ0n) is 11.5. The molecule has 0 radical (unpaired) electrons. The maximum Gasteiger partial charge on any atom is 0.361 e. The maximum absolute atomic E-state index is 13.1. The van der Waals surface area contributed by atoms with Crippen molar-refractivity contribution in [3.05, 3.63) is 47.3 Å². The molecule has 0 fully saturated rings. The van der Waals surface area contributed by atoms with Crippen molar-refractivity contribution in [1.82, 2.24) is 15.0 Å². The summed E-state index contributed by atoms with van der Waals surface area (Å²) < 4.78 is 32.0. The van der Waals surface area contributed by atoms with Crippen LogP contribution >= 0.6 is 0 Å². The lowest BCUT2D eigenvalue weighted by molar-refractivity contribution is 0.0506. The van der Waals surface area contributed by atoms with Crippen molar-refractivity contribution >= 4 is 5.97 Å². The van der Waals surface area contributed by atoms with E-state index in [1.165, 1.54) is 0 Å². The Labute approximate surface area is 120 Å².